The molecule has 2 aliphatic rings. The van der Waals surface area contributed by atoms with Crippen molar-refractivity contribution in [2.24, 2.45) is 0 Å². The average molecular weight is 522 g/mol. The van der Waals surface area contributed by atoms with Gasteiger partial charge in [0.25, 0.3) is 5.91 Å². The van der Waals surface area contributed by atoms with Gasteiger partial charge in [-0.05, 0) is 67.8 Å². The first kappa shape index (κ1) is 24.3. The molecule has 1 unspecified atom stereocenters. The smallest absolute Gasteiger partial charge is 0.258 e. The van der Waals surface area contributed by atoms with Crippen molar-refractivity contribution in [2.75, 3.05) is 4.90 Å². The summed E-state index contributed by atoms with van der Waals surface area (Å²) in [5.41, 5.74) is 2.56. The Morgan fingerprint density at radius 2 is 1.39 bits per heavy atom. The number of hydrogen-bond donors (Lipinski definition) is 0. The van der Waals surface area contributed by atoms with Gasteiger partial charge in [0.05, 0.1) is 9.79 Å². The van der Waals surface area contributed by atoms with Crippen molar-refractivity contribution in [1.82, 2.24) is 0 Å². The van der Waals surface area contributed by atoms with Crippen LogP contribution in [0.5, 0.6) is 0 Å². The van der Waals surface area contributed by atoms with Gasteiger partial charge in [-0.15, -0.1) is 0 Å². The van der Waals surface area contributed by atoms with Gasteiger partial charge < -0.3 is 4.90 Å². The summed E-state index contributed by atoms with van der Waals surface area (Å²) < 4.78 is 27.0. The third-order valence-electron chi connectivity index (χ3n) is 7.93. The molecule has 0 fully saturated rings. The fraction of sp³-hybridized carbons (Fsp3) is 0.188. The van der Waals surface area contributed by atoms with Gasteiger partial charge >= 0.3 is 0 Å². The summed E-state index contributed by atoms with van der Waals surface area (Å²) in [7, 11) is -3.96. The molecule has 0 saturated carbocycles. The lowest BCUT2D eigenvalue weighted by Gasteiger charge is -2.51. The molecular formula is C32H27NO4S. The van der Waals surface area contributed by atoms with Crippen LogP contribution in [0.3, 0.4) is 0 Å². The summed E-state index contributed by atoms with van der Waals surface area (Å²) in [6.07, 6.45) is 0.669. The van der Waals surface area contributed by atoms with Crippen LogP contribution in [0.4, 0.5) is 5.69 Å². The first-order valence-corrected chi connectivity index (χ1v) is 14.1. The van der Waals surface area contributed by atoms with E-state index >= 15 is 0 Å². The number of anilines is 1. The van der Waals surface area contributed by atoms with Crippen LogP contribution in [0.15, 0.2) is 107 Å². The van der Waals surface area contributed by atoms with Crippen LogP contribution < -0.4 is 4.90 Å². The number of ketones is 1. The second-order valence-corrected chi connectivity index (χ2v) is 12.8. The van der Waals surface area contributed by atoms with Crippen molar-refractivity contribution in [3.05, 3.63) is 125 Å². The second kappa shape index (κ2) is 8.23. The zero-order chi connectivity index (χ0) is 26.9. The highest BCUT2D eigenvalue weighted by molar-refractivity contribution is 7.91. The molecule has 6 rings (SSSR count). The summed E-state index contributed by atoms with van der Waals surface area (Å²) in [6, 6.07) is 28.8. The van der Waals surface area contributed by atoms with Gasteiger partial charge in [0.1, 0.15) is 0 Å². The highest BCUT2D eigenvalue weighted by Crippen LogP contribution is 2.50. The SMILES string of the molecule is CC1(c2ccccc2)CC(C)(C)N(C(=O)c2ccc3c(c2)S(=O)(=O)c2ccccc2C3=O)c2ccccc21. The van der Waals surface area contributed by atoms with E-state index in [2.05, 4.69) is 25.1 Å². The normalized spacial score (nSPS) is 20.7. The van der Waals surface area contributed by atoms with Crippen molar-refractivity contribution in [1.29, 1.82) is 0 Å². The van der Waals surface area contributed by atoms with Crippen LogP contribution in [0.25, 0.3) is 0 Å². The minimum atomic E-state index is -3.96. The maximum atomic E-state index is 14.2. The van der Waals surface area contributed by atoms with Crippen LogP contribution in [0.2, 0.25) is 0 Å². The highest BCUT2D eigenvalue weighted by Gasteiger charge is 2.48. The molecule has 190 valence electrons. The van der Waals surface area contributed by atoms with Gasteiger partial charge in [0, 0.05) is 33.3 Å². The van der Waals surface area contributed by atoms with Crippen molar-refractivity contribution < 1.29 is 18.0 Å². The summed E-state index contributed by atoms with van der Waals surface area (Å²) in [5.74, 6) is -0.659. The maximum Gasteiger partial charge on any atom is 0.258 e. The van der Waals surface area contributed by atoms with Crippen LogP contribution in [0, 0.1) is 0 Å². The van der Waals surface area contributed by atoms with Crippen molar-refractivity contribution in [3.8, 4) is 0 Å². The number of benzene rings is 4. The number of nitrogens with zero attached hydrogens (tertiary/aromatic N) is 1. The van der Waals surface area contributed by atoms with Crippen molar-refractivity contribution in [2.45, 2.75) is 47.9 Å². The first-order valence-electron chi connectivity index (χ1n) is 12.6. The van der Waals surface area contributed by atoms with Gasteiger partial charge in [-0.1, -0.05) is 67.6 Å². The van der Waals surface area contributed by atoms with E-state index in [1.54, 1.807) is 23.1 Å². The molecule has 0 bridgehead atoms. The Labute approximate surface area is 222 Å². The molecule has 0 spiro atoms. The molecule has 4 aromatic rings. The Bertz CT molecular complexity index is 1740. The lowest BCUT2D eigenvalue weighted by molar-refractivity contribution is 0.0946. The van der Waals surface area contributed by atoms with E-state index in [-0.39, 0.29) is 43.6 Å². The summed E-state index contributed by atoms with van der Waals surface area (Å²) in [4.78, 5) is 28.9. The molecule has 6 heteroatoms. The summed E-state index contributed by atoms with van der Waals surface area (Å²) >= 11 is 0. The molecule has 0 aromatic heterocycles. The number of sulfone groups is 1. The largest absolute Gasteiger partial charge is 0.302 e. The van der Waals surface area contributed by atoms with Crippen molar-refractivity contribution in [3.63, 3.8) is 0 Å². The van der Waals surface area contributed by atoms with E-state index in [9.17, 15) is 18.0 Å². The number of carbonyl (C=O) groups excluding carboxylic acids is 2. The number of amides is 1. The zero-order valence-corrected chi connectivity index (χ0v) is 22.2. The monoisotopic (exact) mass is 521 g/mol. The molecule has 2 heterocycles. The summed E-state index contributed by atoms with van der Waals surface area (Å²) in [6.45, 7) is 6.28. The Balaban J connectivity index is 1.49. The fourth-order valence-corrected chi connectivity index (χ4v) is 7.97. The molecule has 1 amide bonds. The number of carbonyl (C=O) groups is 2. The lowest BCUT2D eigenvalue weighted by atomic mass is 9.65. The van der Waals surface area contributed by atoms with Gasteiger partial charge in [-0.2, -0.15) is 0 Å². The van der Waals surface area contributed by atoms with E-state index in [4.69, 9.17) is 0 Å². The Morgan fingerprint density at radius 3 is 2.16 bits per heavy atom. The van der Waals surface area contributed by atoms with Crippen LogP contribution in [0.1, 0.15) is 64.6 Å². The molecule has 5 nitrogen and oxygen atoms in total. The third-order valence-corrected chi connectivity index (χ3v) is 9.78. The molecule has 2 aliphatic heterocycles. The quantitative estimate of drug-likeness (QED) is 0.277. The van der Waals surface area contributed by atoms with E-state index in [1.165, 1.54) is 29.8 Å². The second-order valence-electron chi connectivity index (χ2n) is 10.9. The van der Waals surface area contributed by atoms with Crippen LogP contribution in [-0.4, -0.2) is 25.6 Å². The molecule has 1 atom stereocenters. The number of para-hydroxylation sites is 1. The molecule has 0 saturated heterocycles. The predicted molar refractivity (Wildman–Crippen MR) is 147 cm³/mol. The zero-order valence-electron chi connectivity index (χ0n) is 21.4. The topological polar surface area (TPSA) is 71.5 Å². The Kier molecular flexibility index (Phi) is 5.27. The minimum Gasteiger partial charge on any atom is -0.302 e. The molecular weight excluding hydrogens is 494 g/mol. The molecule has 0 aliphatic carbocycles. The summed E-state index contributed by atoms with van der Waals surface area (Å²) in [5, 5.41) is 0. The molecule has 38 heavy (non-hydrogen) atoms. The highest BCUT2D eigenvalue weighted by atomic mass is 32.2. The average Bonchev–Trinajstić information content (AvgIpc) is 2.91. The predicted octanol–water partition coefficient (Wildman–Crippen LogP) is 6.20. The van der Waals surface area contributed by atoms with Gasteiger partial charge in [-0.3, -0.25) is 9.59 Å². The standard InChI is InChI=1S/C32H27NO4S/c1-31(2)20-32(3,22-11-5-4-6-12-22)25-14-8-9-15-26(25)33(31)30(35)21-17-18-24-28(19-21)38(36,37)27-16-10-7-13-23(27)29(24)34/h4-19H,20H2,1-3H3. The third kappa shape index (κ3) is 3.40. The number of fused-ring (bicyclic) bond motifs is 3. The molecule has 4 aromatic carbocycles. The number of hydrogen-bond acceptors (Lipinski definition) is 4. The lowest BCUT2D eigenvalue weighted by Crippen LogP contribution is -2.55. The Morgan fingerprint density at radius 1 is 0.763 bits per heavy atom. The first-order chi connectivity index (χ1) is 18.1. The van der Waals surface area contributed by atoms with E-state index in [0.29, 0.717) is 6.42 Å². The van der Waals surface area contributed by atoms with Gasteiger partial charge in [-0.25, -0.2) is 8.42 Å². The van der Waals surface area contributed by atoms with E-state index < -0.39 is 15.4 Å². The molecule has 0 radical (unpaired) electrons. The van der Waals surface area contributed by atoms with Crippen LogP contribution in [-0.2, 0) is 15.3 Å². The Hall–Kier alpha value is -4.03. The molecule has 0 N–H and O–H groups in total. The minimum absolute atomic E-state index is 0.0237. The maximum absolute atomic E-state index is 14.2. The number of rotatable bonds is 2. The van der Waals surface area contributed by atoms with E-state index in [0.717, 1.165) is 11.3 Å². The van der Waals surface area contributed by atoms with Gasteiger partial charge in [0.15, 0.2) is 5.78 Å². The fourth-order valence-electron chi connectivity index (χ4n) is 6.30. The van der Waals surface area contributed by atoms with Gasteiger partial charge in [0.2, 0.25) is 9.84 Å². The van der Waals surface area contributed by atoms with Crippen molar-refractivity contribution >= 4 is 27.2 Å². The van der Waals surface area contributed by atoms with E-state index in [1.807, 2.05) is 50.2 Å². The van der Waals surface area contributed by atoms with Crippen LogP contribution >= 0.6 is 0 Å².